The van der Waals surface area contributed by atoms with Crippen LogP contribution in [0.15, 0.2) is 48.5 Å². The number of anilines is 1. The monoisotopic (exact) mass is 217 g/mol. The Balaban J connectivity index is 0.000000160. The largest absolute Gasteiger partial charge is 0.508 e. The summed E-state index contributed by atoms with van der Waals surface area (Å²) in [6.45, 7) is 1.87. The van der Waals surface area contributed by atoms with Gasteiger partial charge in [0.05, 0.1) is 0 Å². The van der Waals surface area contributed by atoms with Crippen LogP contribution < -0.4 is 5.73 Å². The fraction of sp³-hybridized carbons (Fsp3) is 0.0769. The quantitative estimate of drug-likeness (QED) is 0.594. The highest BCUT2D eigenvalue weighted by Gasteiger charge is 1.87. The molecule has 2 aromatic carbocycles. The number of aryl methyl sites for hydroxylation is 1. The average Bonchev–Trinajstić information content (AvgIpc) is 2.23. The second-order valence-electron chi connectivity index (χ2n) is 3.38. The van der Waals surface area contributed by atoms with Gasteiger partial charge >= 0.3 is 0 Å². The van der Waals surface area contributed by atoms with Crippen molar-refractivity contribution >= 4 is 5.69 Å². The fourth-order valence-corrected chi connectivity index (χ4v) is 1.09. The molecule has 4 N–H and O–H groups in total. The predicted molar refractivity (Wildman–Crippen MR) is 65.4 cm³/mol. The second-order valence-corrected chi connectivity index (χ2v) is 3.38. The van der Waals surface area contributed by atoms with Crippen molar-refractivity contribution in [3.8, 4) is 11.5 Å². The molecule has 84 valence electrons. The van der Waals surface area contributed by atoms with Crippen molar-refractivity contribution in [3.63, 3.8) is 0 Å². The first kappa shape index (κ1) is 11.9. The lowest BCUT2D eigenvalue weighted by Gasteiger charge is -1.92. The molecule has 2 aromatic rings. The molecular weight excluding hydrogens is 202 g/mol. The Morgan fingerprint density at radius 1 is 0.938 bits per heavy atom. The molecule has 0 saturated carbocycles. The van der Waals surface area contributed by atoms with E-state index in [9.17, 15) is 0 Å². The van der Waals surface area contributed by atoms with Crippen molar-refractivity contribution in [2.45, 2.75) is 6.92 Å². The molecule has 0 aliphatic carbocycles. The Hall–Kier alpha value is -2.16. The number of nitrogens with two attached hydrogens (primary N) is 1. The van der Waals surface area contributed by atoms with Gasteiger partial charge in [-0.15, -0.1) is 0 Å². The van der Waals surface area contributed by atoms with Gasteiger partial charge in [-0.3, -0.25) is 0 Å². The van der Waals surface area contributed by atoms with Crippen LogP contribution in [0.4, 0.5) is 5.69 Å². The number of rotatable bonds is 0. The minimum atomic E-state index is 0.213. The van der Waals surface area contributed by atoms with E-state index in [0.717, 1.165) is 5.56 Å². The molecule has 0 saturated heterocycles. The van der Waals surface area contributed by atoms with Crippen LogP contribution in [0.25, 0.3) is 0 Å². The predicted octanol–water partition coefficient (Wildman–Crippen LogP) is 2.68. The van der Waals surface area contributed by atoms with Gasteiger partial charge in [-0.1, -0.05) is 24.3 Å². The van der Waals surface area contributed by atoms with E-state index in [4.69, 9.17) is 15.9 Å². The topological polar surface area (TPSA) is 66.5 Å². The molecule has 2 rings (SSSR count). The van der Waals surface area contributed by atoms with E-state index in [2.05, 4.69) is 0 Å². The van der Waals surface area contributed by atoms with Crippen LogP contribution in [-0.2, 0) is 0 Å². The molecular formula is C13H15NO2. The van der Waals surface area contributed by atoms with Crippen molar-refractivity contribution in [2.24, 2.45) is 0 Å². The smallest absolute Gasteiger partial charge is 0.118 e. The van der Waals surface area contributed by atoms with Gasteiger partial charge in [0.1, 0.15) is 11.5 Å². The summed E-state index contributed by atoms with van der Waals surface area (Å²) in [5, 5.41) is 17.7. The maximum Gasteiger partial charge on any atom is 0.118 e. The number of benzene rings is 2. The lowest BCUT2D eigenvalue weighted by molar-refractivity contribution is 0.471. The summed E-state index contributed by atoms with van der Waals surface area (Å²) in [4.78, 5) is 0. The van der Waals surface area contributed by atoms with Crippen LogP contribution in [0.1, 0.15) is 5.56 Å². The molecule has 0 aliphatic rings. The summed E-state index contributed by atoms with van der Waals surface area (Å²) in [6.07, 6.45) is 0. The van der Waals surface area contributed by atoms with Crippen molar-refractivity contribution in [1.29, 1.82) is 0 Å². The molecule has 0 fully saturated rings. The molecule has 0 aliphatic heterocycles. The number of nitrogen functional groups attached to an aromatic ring is 1. The fourth-order valence-electron chi connectivity index (χ4n) is 1.09. The van der Waals surface area contributed by atoms with E-state index in [-0.39, 0.29) is 5.75 Å². The third-order valence-electron chi connectivity index (χ3n) is 1.99. The standard InChI is InChI=1S/C7H8O.C6H7NO/c1-6-4-2-3-5-7(6)8;7-5-2-1-3-6(8)4-5/h2-5,8H,1H3;1-4,8H,7H2. The Labute approximate surface area is 94.8 Å². The molecule has 0 radical (unpaired) electrons. The van der Waals surface area contributed by atoms with Crippen LogP contribution >= 0.6 is 0 Å². The van der Waals surface area contributed by atoms with Crippen molar-refractivity contribution in [1.82, 2.24) is 0 Å². The van der Waals surface area contributed by atoms with Crippen LogP contribution in [0.3, 0.4) is 0 Å². The maximum absolute atomic E-state index is 8.92. The molecule has 0 atom stereocenters. The Morgan fingerprint density at radius 3 is 2.00 bits per heavy atom. The maximum atomic E-state index is 8.92. The average molecular weight is 217 g/mol. The normalized spacial score (nSPS) is 9.06. The summed E-state index contributed by atoms with van der Waals surface area (Å²) < 4.78 is 0. The summed E-state index contributed by atoms with van der Waals surface area (Å²) in [5.74, 6) is 0.581. The molecule has 3 heteroatoms. The molecule has 16 heavy (non-hydrogen) atoms. The summed E-state index contributed by atoms with van der Waals surface area (Å²) in [6, 6.07) is 13.8. The van der Waals surface area contributed by atoms with E-state index < -0.39 is 0 Å². The molecule has 0 heterocycles. The minimum Gasteiger partial charge on any atom is -0.508 e. The number of hydrogen-bond donors (Lipinski definition) is 3. The summed E-state index contributed by atoms with van der Waals surface area (Å²) in [5.41, 5.74) is 6.81. The van der Waals surface area contributed by atoms with Gasteiger partial charge in [-0.25, -0.2) is 0 Å². The van der Waals surface area contributed by atoms with Crippen LogP contribution in [0, 0.1) is 6.92 Å². The first-order valence-corrected chi connectivity index (χ1v) is 4.88. The Bertz CT molecular complexity index is 417. The minimum absolute atomic E-state index is 0.213. The van der Waals surface area contributed by atoms with Gasteiger partial charge in [-0.05, 0) is 30.7 Å². The zero-order chi connectivity index (χ0) is 12.0. The van der Waals surface area contributed by atoms with E-state index in [0.29, 0.717) is 11.4 Å². The van der Waals surface area contributed by atoms with E-state index in [1.807, 2.05) is 25.1 Å². The summed E-state index contributed by atoms with van der Waals surface area (Å²) >= 11 is 0. The van der Waals surface area contributed by atoms with Gasteiger partial charge in [0, 0.05) is 11.8 Å². The third kappa shape index (κ3) is 3.92. The highest BCUT2D eigenvalue weighted by molar-refractivity contribution is 5.42. The van der Waals surface area contributed by atoms with Gasteiger partial charge in [0.2, 0.25) is 0 Å². The van der Waals surface area contributed by atoms with Crippen molar-refractivity contribution in [2.75, 3.05) is 5.73 Å². The van der Waals surface area contributed by atoms with E-state index >= 15 is 0 Å². The van der Waals surface area contributed by atoms with Gasteiger partial charge < -0.3 is 15.9 Å². The number of hydrogen-bond acceptors (Lipinski definition) is 3. The Morgan fingerprint density at radius 2 is 1.62 bits per heavy atom. The highest BCUT2D eigenvalue weighted by atomic mass is 16.3. The molecule has 0 unspecified atom stereocenters. The number of para-hydroxylation sites is 1. The zero-order valence-electron chi connectivity index (χ0n) is 9.09. The summed E-state index contributed by atoms with van der Waals surface area (Å²) in [7, 11) is 0. The van der Waals surface area contributed by atoms with E-state index in [1.165, 1.54) is 6.07 Å². The van der Waals surface area contributed by atoms with E-state index in [1.54, 1.807) is 24.3 Å². The lowest BCUT2D eigenvalue weighted by Crippen LogP contribution is -1.80. The molecule has 0 amide bonds. The van der Waals surface area contributed by atoms with Gasteiger partial charge in [0.15, 0.2) is 0 Å². The second kappa shape index (κ2) is 5.66. The molecule has 0 bridgehead atoms. The molecule has 0 spiro atoms. The van der Waals surface area contributed by atoms with Crippen LogP contribution in [-0.4, -0.2) is 10.2 Å². The van der Waals surface area contributed by atoms with Crippen LogP contribution in [0.2, 0.25) is 0 Å². The first-order chi connectivity index (χ1) is 7.59. The highest BCUT2D eigenvalue weighted by Crippen LogP contribution is 2.12. The molecule has 3 nitrogen and oxygen atoms in total. The number of phenols is 2. The SMILES string of the molecule is Cc1ccccc1O.Nc1cccc(O)c1. The Kier molecular flexibility index (Phi) is 4.21. The number of aromatic hydroxyl groups is 2. The first-order valence-electron chi connectivity index (χ1n) is 4.88. The molecule has 0 aromatic heterocycles. The third-order valence-corrected chi connectivity index (χ3v) is 1.99. The van der Waals surface area contributed by atoms with Crippen molar-refractivity contribution < 1.29 is 10.2 Å². The zero-order valence-corrected chi connectivity index (χ0v) is 9.09. The van der Waals surface area contributed by atoms with Crippen molar-refractivity contribution in [3.05, 3.63) is 54.1 Å². The lowest BCUT2D eigenvalue weighted by atomic mass is 10.2. The number of phenolic OH excluding ortho intramolecular Hbond substituents is 2. The van der Waals surface area contributed by atoms with Gasteiger partial charge in [0.25, 0.3) is 0 Å². The van der Waals surface area contributed by atoms with Gasteiger partial charge in [-0.2, -0.15) is 0 Å². The van der Waals surface area contributed by atoms with Crippen LogP contribution in [0.5, 0.6) is 11.5 Å².